The van der Waals surface area contributed by atoms with Gasteiger partial charge in [0.25, 0.3) is 5.91 Å². The van der Waals surface area contributed by atoms with E-state index < -0.39 is 24.0 Å². The molecule has 2 aromatic carbocycles. The molecule has 144 valence electrons. The third kappa shape index (κ3) is 2.80. The molecule has 2 amide bonds. The molecule has 2 aliphatic heterocycles. The molecule has 0 unspecified atom stereocenters. The summed E-state index contributed by atoms with van der Waals surface area (Å²) in [5.41, 5.74) is 1.99. The molecule has 0 saturated carbocycles. The third-order valence-electron chi connectivity index (χ3n) is 5.27. The van der Waals surface area contributed by atoms with Gasteiger partial charge >= 0.3 is 0 Å². The molecule has 0 aliphatic carbocycles. The van der Waals surface area contributed by atoms with Crippen LogP contribution in [0.25, 0.3) is 0 Å². The zero-order valence-electron chi connectivity index (χ0n) is 15.2. The normalized spacial score (nSPS) is 23.6. The first-order chi connectivity index (χ1) is 14.2. The third-order valence-corrected chi connectivity index (χ3v) is 5.59. The lowest BCUT2D eigenvalue weighted by Crippen LogP contribution is -2.37. The maximum atomic E-state index is 13.4. The van der Waals surface area contributed by atoms with Crippen molar-refractivity contribution in [3.63, 3.8) is 0 Å². The molecular formula is C22H16ClN3O3. The van der Waals surface area contributed by atoms with Crippen LogP contribution in [0.15, 0.2) is 79.1 Å². The molecule has 7 heteroatoms. The fourth-order valence-electron chi connectivity index (χ4n) is 3.98. The first-order valence-corrected chi connectivity index (χ1v) is 9.58. The summed E-state index contributed by atoms with van der Waals surface area (Å²) in [6, 6.07) is 19.5. The smallest absolute Gasteiger partial charge is 0.266 e. The highest BCUT2D eigenvalue weighted by Gasteiger charge is 2.60. The van der Waals surface area contributed by atoms with Crippen molar-refractivity contribution in [3.05, 3.63) is 89.7 Å². The summed E-state index contributed by atoms with van der Waals surface area (Å²) in [6.45, 7) is 0. The molecule has 6 nitrogen and oxygen atoms in total. The van der Waals surface area contributed by atoms with Gasteiger partial charge in [-0.2, -0.15) is 0 Å². The van der Waals surface area contributed by atoms with Gasteiger partial charge in [-0.3, -0.25) is 19.4 Å². The predicted octanol–water partition coefficient (Wildman–Crippen LogP) is 3.79. The molecule has 5 rings (SSSR count). The molecule has 3 atom stereocenters. The van der Waals surface area contributed by atoms with Crippen molar-refractivity contribution < 1.29 is 14.4 Å². The topological polar surface area (TPSA) is 62.7 Å². The van der Waals surface area contributed by atoms with E-state index in [4.69, 9.17) is 16.4 Å². The molecular weight excluding hydrogens is 390 g/mol. The number of benzene rings is 2. The van der Waals surface area contributed by atoms with Crippen LogP contribution in [0.3, 0.4) is 0 Å². The van der Waals surface area contributed by atoms with E-state index in [2.05, 4.69) is 4.98 Å². The van der Waals surface area contributed by atoms with Crippen LogP contribution >= 0.6 is 11.6 Å². The standard InChI is InChI=1S/C22H16ClN3O3/c23-16-8-4-5-9-17(16)25-21(27)18-19(14-10-12-24-13-11-14)26(29-20(18)22(25)28)15-6-2-1-3-7-15/h1-13,18-20H/t18-,19+,20+/m0/s1. The lowest BCUT2D eigenvalue weighted by Gasteiger charge is -2.28. The molecule has 2 saturated heterocycles. The van der Waals surface area contributed by atoms with Gasteiger partial charge in [0.1, 0.15) is 5.92 Å². The Balaban J connectivity index is 1.60. The summed E-state index contributed by atoms with van der Waals surface area (Å²) in [5.74, 6) is -1.43. The number of rotatable bonds is 3. The minimum absolute atomic E-state index is 0.326. The van der Waals surface area contributed by atoms with Crippen molar-refractivity contribution in [1.82, 2.24) is 4.98 Å². The van der Waals surface area contributed by atoms with Crippen molar-refractivity contribution in [2.24, 2.45) is 5.92 Å². The number of imide groups is 1. The van der Waals surface area contributed by atoms with Crippen molar-refractivity contribution in [3.8, 4) is 0 Å². The Kier molecular flexibility index (Phi) is 4.30. The van der Waals surface area contributed by atoms with Crippen molar-refractivity contribution >= 4 is 34.8 Å². The summed E-state index contributed by atoms with van der Waals surface area (Å²) in [4.78, 5) is 37.9. The summed E-state index contributed by atoms with van der Waals surface area (Å²) in [7, 11) is 0. The number of carbonyl (C=O) groups excluding carboxylic acids is 2. The number of carbonyl (C=O) groups is 2. The Morgan fingerprint density at radius 3 is 2.28 bits per heavy atom. The van der Waals surface area contributed by atoms with Gasteiger partial charge in [-0.05, 0) is 42.0 Å². The second-order valence-electron chi connectivity index (χ2n) is 6.90. The number of anilines is 2. The molecule has 3 aromatic rings. The number of para-hydroxylation sites is 2. The number of pyridine rings is 1. The van der Waals surface area contributed by atoms with Crippen LogP contribution in [0.4, 0.5) is 11.4 Å². The molecule has 29 heavy (non-hydrogen) atoms. The van der Waals surface area contributed by atoms with E-state index in [-0.39, 0.29) is 5.91 Å². The lowest BCUT2D eigenvalue weighted by atomic mass is 9.91. The van der Waals surface area contributed by atoms with Gasteiger partial charge in [0.05, 0.1) is 22.4 Å². The van der Waals surface area contributed by atoms with E-state index in [0.29, 0.717) is 10.7 Å². The minimum atomic E-state index is -0.919. The van der Waals surface area contributed by atoms with Gasteiger partial charge in [-0.25, -0.2) is 9.96 Å². The van der Waals surface area contributed by atoms with Crippen LogP contribution in [0.5, 0.6) is 0 Å². The van der Waals surface area contributed by atoms with Crippen LogP contribution in [0, 0.1) is 5.92 Å². The predicted molar refractivity (Wildman–Crippen MR) is 108 cm³/mol. The Bertz CT molecular complexity index is 1080. The van der Waals surface area contributed by atoms with Gasteiger partial charge in [0.2, 0.25) is 5.91 Å². The fourth-order valence-corrected chi connectivity index (χ4v) is 4.20. The van der Waals surface area contributed by atoms with Crippen LogP contribution in [0.1, 0.15) is 11.6 Å². The molecule has 0 bridgehead atoms. The maximum Gasteiger partial charge on any atom is 0.266 e. The number of hydrogen-bond donors (Lipinski definition) is 0. The second kappa shape index (κ2) is 6.99. The SMILES string of the molecule is O=C1[C@H]2[C@@H](c3ccncc3)N(c3ccccc3)O[C@H]2C(=O)N1c1ccccc1Cl. The van der Waals surface area contributed by atoms with E-state index in [1.807, 2.05) is 42.5 Å². The molecule has 2 fully saturated rings. The van der Waals surface area contributed by atoms with E-state index in [9.17, 15) is 9.59 Å². The molecule has 0 spiro atoms. The summed E-state index contributed by atoms with van der Waals surface area (Å²) < 4.78 is 0. The first kappa shape index (κ1) is 17.8. The molecule has 0 N–H and O–H groups in total. The highest BCUT2D eigenvalue weighted by atomic mass is 35.5. The van der Waals surface area contributed by atoms with Gasteiger partial charge in [-0.15, -0.1) is 0 Å². The Morgan fingerprint density at radius 2 is 1.55 bits per heavy atom. The van der Waals surface area contributed by atoms with Crippen LogP contribution in [-0.2, 0) is 14.4 Å². The van der Waals surface area contributed by atoms with Gasteiger partial charge in [0.15, 0.2) is 6.10 Å². The average molecular weight is 406 g/mol. The molecule has 1 aromatic heterocycles. The van der Waals surface area contributed by atoms with Crippen LogP contribution in [0.2, 0.25) is 5.02 Å². The number of aromatic nitrogens is 1. The highest BCUT2D eigenvalue weighted by Crippen LogP contribution is 2.48. The van der Waals surface area contributed by atoms with E-state index >= 15 is 0 Å². The van der Waals surface area contributed by atoms with Gasteiger partial charge in [-0.1, -0.05) is 41.9 Å². The summed E-state index contributed by atoms with van der Waals surface area (Å²) >= 11 is 6.26. The average Bonchev–Trinajstić information content (AvgIpc) is 3.26. The monoisotopic (exact) mass is 405 g/mol. The molecule has 0 radical (unpaired) electrons. The second-order valence-corrected chi connectivity index (χ2v) is 7.31. The number of nitrogens with zero attached hydrogens (tertiary/aromatic N) is 3. The maximum absolute atomic E-state index is 13.4. The summed E-state index contributed by atoms with van der Waals surface area (Å²) in [6.07, 6.45) is 2.41. The Hall–Kier alpha value is -3.22. The van der Waals surface area contributed by atoms with Crippen molar-refractivity contribution in [1.29, 1.82) is 0 Å². The minimum Gasteiger partial charge on any atom is -0.273 e. The fraction of sp³-hybridized carbons (Fsp3) is 0.136. The number of amides is 2. The largest absolute Gasteiger partial charge is 0.273 e. The summed E-state index contributed by atoms with van der Waals surface area (Å²) in [5, 5.41) is 2.00. The zero-order chi connectivity index (χ0) is 20.0. The van der Waals surface area contributed by atoms with Crippen LogP contribution in [-0.4, -0.2) is 22.9 Å². The van der Waals surface area contributed by atoms with Crippen molar-refractivity contribution in [2.45, 2.75) is 12.1 Å². The number of halogens is 1. The van der Waals surface area contributed by atoms with Crippen molar-refractivity contribution in [2.75, 3.05) is 9.96 Å². The van der Waals surface area contributed by atoms with Gasteiger partial charge in [0, 0.05) is 12.4 Å². The quantitative estimate of drug-likeness (QED) is 0.620. The number of hydrogen-bond acceptors (Lipinski definition) is 5. The molecule has 2 aliphatic rings. The molecule has 3 heterocycles. The zero-order valence-corrected chi connectivity index (χ0v) is 15.9. The van der Waals surface area contributed by atoms with Gasteiger partial charge < -0.3 is 0 Å². The number of hydroxylamine groups is 1. The Morgan fingerprint density at radius 1 is 0.862 bits per heavy atom. The lowest BCUT2D eigenvalue weighted by molar-refractivity contribution is -0.126. The highest BCUT2D eigenvalue weighted by molar-refractivity contribution is 6.36. The Labute approximate surface area is 172 Å². The van der Waals surface area contributed by atoms with Crippen LogP contribution < -0.4 is 9.96 Å². The van der Waals surface area contributed by atoms with E-state index in [1.54, 1.807) is 41.7 Å². The number of fused-ring (bicyclic) bond motifs is 1. The first-order valence-electron chi connectivity index (χ1n) is 9.20. The van der Waals surface area contributed by atoms with E-state index in [1.165, 1.54) is 0 Å². The van der Waals surface area contributed by atoms with E-state index in [0.717, 1.165) is 16.2 Å².